The molecule has 2 nitrogen and oxygen atoms in total. The Morgan fingerprint density at radius 2 is 2.21 bits per heavy atom. The molecule has 4 unspecified atom stereocenters. The van der Waals surface area contributed by atoms with Gasteiger partial charge in [-0.3, -0.25) is 0 Å². The first kappa shape index (κ1) is 10.8. The van der Waals surface area contributed by atoms with Crippen LogP contribution in [-0.4, -0.2) is 35.8 Å². The zero-order chi connectivity index (χ0) is 9.97. The van der Waals surface area contributed by atoms with Gasteiger partial charge in [-0.05, 0) is 26.2 Å². The van der Waals surface area contributed by atoms with Gasteiger partial charge in [-0.25, -0.2) is 0 Å². The monoisotopic (exact) mass is 215 g/mol. The second kappa shape index (κ2) is 4.86. The fraction of sp³-hybridized carbons (Fsp3) is 1.00. The Bertz CT molecular complexity index is 168. The van der Waals surface area contributed by atoms with E-state index < -0.39 is 0 Å². The van der Waals surface area contributed by atoms with Crippen LogP contribution in [-0.2, 0) is 4.74 Å². The van der Waals surface area contributed by atoms with Crippen molar-refractivity contribution in [3.8, 4) is 0 Å². The van der Waals surface area contributed by atoms with Gasteiger partial charge in [-0.1, -0.05) is 6.92 Å². The Morgan fingerprint density at radius 3 is 2.79 bits per heavy atom. The fourth-order valence-electron chi connectivity index (χ4n) is 2.29. The smallest absolute Gasteiger partial charge is 0.0704 e. The normalized spacial score (nSPS) is 43.3. The van der Waals surface area contributed by atoms with E-state index >= 15 is 0 Å². The quantitative estimate of drug-likeness (QED) is 0.778. The van der Waals surface area contributed by atoms with Gasteiger partial charge in [0, 0.05) is 23.6 Å². The zero-order valence-corrected chi connectivity index (χ0v) is 9.98. The largest absolute Gasteiger partial charge is 0.374 e. The molecule has 3 heteroatoms. The molecule has 0 saturated carbocycles. The predicted molar refractivity (Wildman–Crippen MR) is 61.9 cm³/mol. The Balaban J connectivity index is 1.63. The van der Waals surface area contributed by atoms with Gasteiger partial charge in [-0.15, -0.1) is 0 Å². The SMILES string of the molecule is CC1CCC(CNC2CSC(C)C2)O1. The molecule has 2 heterocycles. The lowest BCUT2D eigenvalue weighted by atomic mass is 10.1. The van der Waals surface area contributed by atoms with Gasteiger partial charge in [0.05, 0.1) is 12.2 Å². The third kappa shape index (κ3) is 2.88. The molecule has 0 spiro atoms. The third-order valence-electron chi connectivity index (χ3n) is 3.15. The van der Waals surface area contributed by atoms with Crippen LogP contribution in [0.4, 0.5) is 0 Å². The van der Waals surface area contributed by atoms with Gasteiger partial charge in [0.2, 0.25) is 0 Å². The molecule has 0 aliphatic carbocycles. The number of hydrogen-bond donors (Lipinski definition) is 1. The summed E-state index contributed by atoms with van der Waals surface area (Å²) in [5.74, 6) is 1.28. The van der Waals surface area contributed by atoms with Gasteiger partial charge < -0.3 is 10.1 Å². The maximum absolute atomic E-state index is 5.78. The summed E-state index contributed by atoms with van der Waals surface area (Å²) in [6.07, 6.45) is 4.77. The minimum Gasteiger partial charge on any atom is -0.374 e. The Labute approximate surface area is 91.2 Å². The second-order valence-electron chi connectivity index (χ2n) is 4.63. The molecule has 0 aromatic carbocycles. The first-order valence-electron chi connectivity index (χ1n) is 5.74. The number of thioether (sulfide) groups is 1. The van der Waals surface area contributed by atoms with Crippen LogP contribution in [0.25, 0.3) is 0 Å². The van der Waals surface area contributed by atoms with Crippen LogP contribution in [0.3, 0.4) is 0 Å². The average molecular weight is 215 g/mol. The number of rotatable bonds is 3. The van der Waals surface area contributed by atoms with E-state index in [0.717, 1.165) is 17.8 Å². The Morgan fingerprint density at radius 1 is 1.36 bits per heavy atom. The number of ether oxygens (including phenoxy) is 1. The molecule has 2 aliphatic heterocycles. The van der Waals surface area contributed by atoms with Crippen LogP contribution < -0.4 is 5.32 Å². The van der Waals surface area contributed by atoms with Crippen molar-refractivity contribution < 1.29 is 4.74 Å². The van der Waals surface area contributed by atoms with E-state index in [-0.39, 0.29) is 0 Å². The van der Waals surface area contributed by atoms with E-state index in [0.29, 0.717) is 12.2 Å². The van der Waals surface area contributed by atoms with Crippen molar-refractivity contribution in [2.24, 2.45) is 0 Å². The van der Waals surface area contributed by atoms with Crippen molar-refractivity contribution in [3.63, 3.8) is 0 Å². The Kier molecular flexibility index (Phi) is 3.74. The summed E-state index contributed by atoms with van der Waals surface area (Å²) in [5, 5.41) is 4.47. The summed E-state index contributed by atoms with van der Waals surface area (Å²) >= 11 is 2.09. The van der Waals surface area contributed by atoms with Gasteiger partial charge in [-0.2, -0.15) is 11.8 Å². The molecule has 2 rings (SSSR count). The highest BCUT2D eigenvalue weighted by Gasteiger charge is 2.25. The van der Waals surface area contributed by atoms with E-state index in [1.54, 1.807) is 0 Å². The van der Waals surface area contributed by atoms with E-state index in [4.69, 9.17) is 4.74 Å². The first-order valence-corrected chi connectivity index (χ1v) is 6.79. The van der Waals surface area contributed by atoms with E-state index in [1.165, 1.54) is 25.0 Å². The highest BCUT2D eigenvalue weighted by Crippen LogP contribution is 2.26. The molecular formula is C11H21NOS. The molecule has 2 fully saturated rings. The molecule has 14 heavy (non-hydrogen) atoms. The Hall–Kier alpha value is 0.270. The van der Waals surface area contributed by atoms with E-state index in [9.17, 15) is 0 Å². The van der Waals surface area contributed by atoms with Crippen LogP contribution >= 0.6 is 11.8 Å². The van der Waals surface area contributed by atoms with Crippen LogP contribution in [0.2, 0.25) is 0 Å². The summed E-state index contributed by atoms with van der Waals surface area (Å²) < 4.78 is 5.78. The highest BCUT2D eigenvalue weighted by atomic mass is 32.2. The van der Waals surface area contributed by atoms with Crippen molar-refractivity contribution in [1.29, 1.82) is 0 Å². The van der Waals surface area contributed by atoms with Crippen molar-refractivity contribution in [3.05, 3.63) is 0 Å². The molecule has 0 amide bonds. The predicted octanol–water partition coefficient (Wildman–Crippen LogP) is 2.04. The van der Waals surface area contributed by atoms with E-state index in [2.05, 4.69) is 30.9 Å². The third-order valence-corrected chi connectivity index (χ3v) is 4.51. The van der Waals surface area contributed by atoms with Crippen LogP contribution in [0, 0.1) is 0 Å². The molecular weight excluding hydrogens is 194 g/mol. The van der Waals surface area contributed by atoms with Crippen LogP contribution in [0.5, 0.6) is 0 Å². The maximum Gasteiger partial charge on any atom is 0.0704 e. The molecule has 1 N–H and O–H groups in total. The maximum atomic E-state index is 5.78. The number of nitrogens with one attached hydrogen (secondary N) is 1. The van der Waals surface area contributed by atoms with Crippen molar-refractivity contribution in [2.75, 3.05) is 12.3 Å². The average Bonchev–Trinajstić information content (AvgIpc) is 2.72. The fourth-order valence-corrected chi connectivity index (χ4v) is 3.48. The molecule has 82 valence electrons. The molecule has 0 aromatic heterocycles. The number of hydrogen-bond acceptors (Lipinski definition) is 3. The first-order chi connectivity index (χ1) is 6.74. The molecule has 0 aromatic rings. The summed E-state index contributed by atoms with van der Waals surface area (Å²) in [4.78, 5) is 0. The zero-order valence-electron chi connectivity index (χ0n) is 9.16. The molecule has 2 saturated heterocycles. The molecule has 2 aliphatic rings. The van der Waals surface area contributed by atoms with Gasteiger partial charge >= 0.3 is 0 Å². The van der Waals surface area contributed by atoms with Gasteiger partial charge in [0.1, 0.15) is 0 Å². The van der Waals surface area contributed by atoms with Gasteiger partial charge in [0.15, 0.2) is 0 Å². The summed E-state index contributed by atoms with van der Waals surface area (Å²) in [5.41, 5.74) is 0. The lowest BCUT2D eigenvalue weighted by Crippen LogP contribution is -2.35. The minimum absolute atomic E-state index is 0.478. The lowest BCUT2D eigenvalue weighted by Gasteiger charge is -2.16. The van der Waals surface area contributed by atoms with Crippen molar-refractivity contribution in [2.45, 2.75) is 56.6 Å². The van der Waals surface area contributed by atoms with Crippen LogP contribution in [0.1, 0.15) is 33.1 Å². The highest BCUT2D eigenvalue weighted by molar-refractivity contribution is 8.00. The molecule has 0 radical (unpaired) electrons. The standard InChI is InChI=1S/C11H21NOS/c1-8-3-4-11(13-8)6-12-10-5-9(2)14-7-10/h8-12H,3-7H2,1-2H3. The minimum atomic E-state index is 0.478. The topological polar surface area (TPSA) is 21.3 Å². The second-order valence-corrected chi connectivity index (χ2v) is 6.10. The summed E-state index contributed by atoms with van der Waals surface area (Å²) in [6, 6.07) is 0.731. The van der Waals surface area contributed by atoms with Crippen molar-refractivity contribution in [1.82, 2.24) is 5.32 Å². The molecule has 4 atom stereocenters. The van der Waals surface area contributed by atoms with Gasteiger partial charge in [0.25, 0.3) is 0 Å². The van der Waals surface area contributed by atoms with Crippen molar-refractivity contribution >= 4 is 11.8 Å². The summed E-state index contributed by atoms with van der Waals surface area (Å²) in [6.45, 7) is 5.55. The molecule has 0 bridgehead atoms. The van der Waals surface area contributed by atoms with E-state index in [1.807, 2.05) is 0 Å². The lowest BCUT2D eigenvalue weighted by molar-refractivity contribution is 0.0547. The van der Waals surface area contributed by atoms with Crippen LogP contribution in [0.15, 0.2) is 0 Å². The summed E-state index contributed by atoms with van der Waals surface area (Å²) in [7, 11) is 0.